The maximum absolute atomic E-state index is 12.6. The van der Waals surface area contributed by atoms with Gasteiger partial charge in [-0.25, -0.2) is 0 Å². The van der Waals surface area contributed by atoms with Crippen molar-refractivity contribution in [2.24, 2.45) is 0 Å². The van der Waals surface area contributed by atoms with E-state index in [2.05, 4.69) is 15.5 Å². The standard InChI is InChI=1S/C24H28N4O5S/c1-5-32-20-13-9-18(10-14-20)28-21(26-27-24(28)34-16(3)23(30)33-6-2)15-25-22(29)17-7-11-19(31-4)12-8-17/h7-14,16H,5-6,15H2,1-4H3,(H,25,29)/t16-/m0/s1. The van der Waals surface area contributed by atoms with Gasteiger partial charge in [0.15, 0.2) is 11.0 Å². The van der Waals surface area contributed by atoms with Crippen molar-refractivity contribution in [1.82, 2.24) is 20.1 Å². The number of esters is 1. The fraction of sp³-hybridized carbons (Fsp3) is 0.333. The number of methoxy groups -OCH3 is 1. The Hall–Kier alpha value is -3.53. The van der Waals surface area contributed by atoms with Gasteiger partial charge in [0.1, 0.15) is 16.7 Å². The summed E-state index contributed by atoms with van der Waals surface area (Å²) in [6.07, 6.45) is 0. The molecule has 0 aliphatic heterocycles. The van der Waals surface area contributed by atoms with Crippen LogP contribution in [0.4, 0.5) is 0 Å². The van der Waals surface area contributed by atoms with Crippen LogP contribution >= 0.6 is 11.8 Å². The Morgan fingerprint density at radius 1 is 1.00 bits per heavy atom. The molecule has 0 aliphatic carbocycles. The number of aromatic nitrogens is 3. The predicted molar refractivity (Wildman–Crippen MR) is 129 cm³/mol. The summed E-state index contributed by atoms with van der Waals surface area (Å²) in [6.45, 7) is 6.44. The molecule has 34 heavy (non-hydrogen) atoms. The summed E-state index contributed by atoms with van der Waals surface area (Å²) in [5.41, 5.74) is 1.28. The smallest absolute Gasteiger partial charge is 0.319 e. The Morgan fingerprint density at radius 3 is 2.29 bits per heavy atom. The molecular formula is C24H28N4O5S. The van der Waals surface area contributed by atoms with E-state index < -0.39 is 5.25 Å². The van der Waals surface area contributed by atoms with E-state index >= 15 is 0 Å². The lowest BCUT2D eigenvalue weighted by Gasteiger charge is -2.14. The highest BCUT2D eigenvalue weighted by molar-refractivity contribution is 8.00. The number of rotatable bonds is 11. The Bertz CT molecular complexity index is 1100. The summed E-state index contributed by atoms with van der Waals surface area (Å²) in [6, 6.07) is 14.3. The van der Waals surface area contributed by atoms with Gasteiger partial charge in [-0.3, -0.25) is 14.2 Å². The third kappa shape index (κ3) is 6.28. The molecule has 0 saturated carbocycles. The van der Waals surface area contributed by atoms with E-state index in [0.29, 0.717) is 35.5 Å². The van der Waals surface area contributed by atoms with Crippen LogP contribution in [0.15, 0.2) is 53.7 Å². The lowest BCUT2D eigenvalue weighted by molar-refractivity contribution is -0.142. The zero-order valence-electron chi connectivity index (χ0n) is 19.6. The molecule has 1 atom stereocenters. The molecule has 1 N–H and O–H groups in total. The Labute approximate surface area is 202 Å². The zero-order chi connectivity index (χ0) is 24.5. The van der Waals surface area contributed by atoms with E-state index in [-0.39, 0.29) is 18.4 Å². The third-order valence-corrected chi connectivity index (χ3v) is 5.79. The van der Waals surface area contributed by atoms with E-state index in [9.17, 15) is 9.59 Å². The number of carbonyl (C=O) groups excluding carboxylic acids is 2. The maximum atomic E-state index is 12.6. The molecule has 0 unspecified atom stereocenters. The molecule has 1 amide bonds. The molecule has 3 rings (SSSR count). The van der Waals surface area contributed by atoms with Gasteiger partial charge < -0.3 is 19.5 Å². The van der Waals surface area contributed by atoms with Crippen LogP contribution in [0.2, 0.25) is 0 Å². The van der Waals surface area contributed by atoms with Crippen molar-refractivity contribution >= 4 is 23.6 Å². The van der Waals surface area contributed by atoms with E-state index in [1.807, 2.05) is 35.8 Å². The molecule has 9 nitrogen and oxygen atoms in total. The first-order valence-corrected chi connectivity index (χ1v) is 11.8. The normalized spacial score (nSPS) is 11.5. The number of nitrogens with zero attached hydrogens (tertiary/aromatic N) is 3. The number of benzene rings is 2. The van der Waals surface area contributed by atoms with Gasteiger partial charge in [-0.15, -0.1) is 10.2 Å². The maximum Gasteiger partial charge on any atom is 0.319 e. The monoisotopic (exact) mass is 484 g/mol. The van der Waals surface area contributed by atoms with Crippen LogP contribution in [0.1, 0.15) is 37.0 Å². The minimum Gasteiger partial charge on any atom is -0.497 e. The largest absolute Gasteiger partial charge is 0.497 e. The van der Waals surface area contributed by atoms with Gasteiger partial charge in [-0.2, -0.15) is 0 Å². The van der Waals surface area contributed by atoms with Gasteiger partial charge in [-0.05, 0) is 69.3 Å². The van der Waals surface area contributed by atoms with Crippen LogP contribution in [0.3, 0.4) is 0 Å². The molecule has 3 aromatic rings. The minimum atomic E-state index is -0.479. The summed E-state index contributed by atoms with van der Waals surface area (Å²) in [7, 11) is 1.57. The van der Waals surface area contributed by atoms with Crippen LogP contribution in [0.5, 0.6) is 11.5 Å². The van der Waals surface area contributed by atoms with Crippen molar-refractivity contribution in [3.63, 3.8) is 0 Å². The Kier molecular flexibility index (Phi) is 8.92. The van der Waals surface area contributed by atoms with E-state index in [1.165, 1.54) is 11.8 Å². The van der Waals surface area contributed by atoms with Gasteiger partial charge in [0, 0.05) is 11.3 Å². The topological polar surface area (TPSA) is 105 Å². The van der Waals surface area contributed by atoms with Gasteiger partial charge in [-0.1, -0.05) is 11.8 Å². The van der Waals surface area contributed by atoms with Gasteiger partial charge in [0.2, 0.25) is 0 Å². The third-order valence-electron chi connectivity index (χ3n) is 4.77. The second kappa shape index (κ2) is 12.1. The number of thioether (sulfide) groups is 1. The van der Waals surface area contributed by atoms with Crippen molar-refractivity contribution in [3.8, 4) is 17.2 Å². The number of amides is 1. The fourth-order valence-corrected chi connectivity index (χ4v) is 3.96. The fourth-order valence-electron chi connectivity index (χ4n) is 3.08. The molecule has 10 heteroatoms. The molecule has 0 fully saturated rings. The molecule has 0 bridgehead atoms. The number of nitrogens with one attached hydrogen (secondary N) is 1. The molecule has 0 aliphatic rings. The van der Waals surface area contributed by atoms with Crippen LogP contribution in [0.25, 0.3) is 5.69 Å². The minimum absolute atomic E-state index is 0.138. The Balaban J connectivity index is 1.84. The Morgan fingerprint density at radius 2 is 1.68 bits per heavy atom. The number of carbonyl (C=O) groups is 2. The number of hydrogen-bond acceptors (Lipinski definition) is 8. The molecule has 180 valence electrons. The van der Waals surface area contributed by atoms with Crippen LogP contribution in [-0.2, 0) is 16.1 Å². The van der Waals surface area contributed by atoms with Crippen LogP contribution < -0.4 is 14.8 Å². The van der Waals surface area contributed by atoms with Crippen molar-refractivity contribution in [1.29, 1.82) is 0 Å². The second-order valence-electron chi connectivity index (χ2n) is 7.08. The summed E-state index contributed by atoms with van der Waals surface area (Å²) >= 11 is 1.24. The zero-order valence-corrected chi connectivity index (χ0v) is 20.4. The lowest BCUT2D eigenvalue weighted by atomic mass is 10.2. The summed E-state index contributed by atoms with van der Waals surface area (Å²) in [4.78, 5) is 24.8. The van der Waals surface area contributed by atoms with Crippen molar-refractivity contribution < 1.29 is 23.8 Å². The highest BCUT2D eigenvalue weighted by atomic mass is 32.2. The van der Waals surface area contributed by atoms with E-state index in [4.69, 9.17) is 14.2 Å². The molecule has 0 saturated heterocycles. The average Bonchev–Trinajstić information content (AvgIpc) is 3.25. The van der Waals surface area contributed by atoms with Crippen LogP contribution in [0, 0.1) is 0 Å². The molecule has 0 radical (unpaired) electrons. The molecule has 1 aromatic heterocycles. The van der Waals surface area contributed by atoms with Crippen LogP contribution in [-0.4, -0.2) is 52.2 Å². The number of hydrogen-bond donors (Lipinski definition) is 1. The van der Waals surface area contributed by atoms with E-state index in [1.54, 1.807) is 45.2 Å². The highest BCUT2D eigenvalue weighted by Crippen LogP contribution is 2.27. The lowest BCUT2D eigenvalue weighted by Crippen LogP contribution is -2.24. The number of ether oxygens (including phenoxy) is 3. The van der Waals surface area contributed by atoms with Gasteiger partial charge in [0.05, 0.1) is 26.9 Å². The quantitative estimate of drug-likeness (QED) is 0.325. The predicted octanol–water partition coefficient (Wildman–Crippen LogP) is 3.65. The van der Waals surface area contributed by atoms with Gasteiger partial charge >= 0.3 is 5.97 Å². The van der Waals surface area contributed by atoms with Gasteiger partial charge in [0.25, 0.3) is 5.91 Å². The first kappa shape index (κ1) is 25.1. The molecular weight excluding hydrogens is 456 g/mol. The van der Waals surface area contributed by atoms with Crippen molar-refractivity contribution in [2.45, 2.75) is 37.7 Å². The summed E-state index contributed by atoms with van der Waals surface area (Å²) < 4.78 is 17.6. The SMILES string of the molecule is CCOC(=O)[C@H](C)Sc1nnc(CNC(=O)c2ccc(OC)cc2)n1-c1ccc(OCC)cc1. The van der Waals surface area contributed by atoms with E-state index in [0.717, 1.165) is 11.4 Å². The summed E-state index contributed by atoms with van der Waals surface area (Å²) in [5.74, 6) is 1.35. The average molecular weight is 485 g/mol. The molecule has 2 aromatic carbocycles. The van der Waals surface area contributed by atoms with Crippen molar-refractivity contribution in [3.05, 3.63) is 59.9 Å². The first-order valence-electron chi connectivity index (χ1n) is 10.9. The highest BCUT2D eigenvalue weighted by Gasteiger charge is 2.22. The first-order chi connectivity index (χ1) is 16.5. The second-order valence-corrected chi connectivity index (χ2v) is 8.39. The molecule has 1 heterocycles. The molecule has 0 spiro atoms. The van der Waals surface area contributed by atoms with Crippen molar-refractivity contribution in [2.75, 3.05) is 20.3 Å². The summed E-state index contributed by atoms with van der Waals surface area (Å²) in [5, 5.41) is 11.5.